The predicted molar refractivity (Wildman–Crippen MR) is 206 cm³/mol. The van der Waals surface area contributed by atoms with Gasteiger partial charge in [-0.05, 0) is 108 Å². The van der Waals surface area contributed by atoms with Crippen LogP contribution in [0.2, 0.25) is 0 Å². The molecule has 0 aliphatic carbocycles. The van der Waals surface area contributed by atoms with Crippen molar-refractivity contribution in [2.24, 2.45) is 0 Å². The number of aromatic hydroxyl groups is 2. The summed E-state index contributed by atoms with van der Waals surface area (Å²) in [5, 5.41) is 19.9. The first kappa shape index (κ1) is 30.7. The molecular formula is C44H30N4O4. The zero-order valence-electron chi connectivity index (χ0n) is 27.6. The van der Waals surface area contributed by atoms with Crippen LogP contribution in [0.15, 0.2) is 133 Å². The summed E-state index contributed by atoms with van der Waals surface area (Å²) in [6.45, 7) is 0. The quantitative estimate of drug-likeness (QED) is 0.139. The fraction of sp³-hybridized carbons (Fsp3) is 0. The largest absolute Gasteiger partial charge is 0.508 e. The highest BCUT2D eigenvalue weighted by Crippen LogP contribution is 2.39. The van der Waals surface area contributed by atoms with Crippen LogP contribution in [0.1, 0.15) is 22.8 Å². The number of fused-ring (bicyclic) bond motifs is 8. The first-order valence-corrected chi connectivity index (χ1v) is 16.8. The van der Waals surface area contributed by atoms with E-state index in [4.69, 9.17) is 19.4 Å². The molecule has 7 aromatic rings. The molecule has 0 saturated carbocycles. The maximum absolute atomic E-state index is 9.96. The molecule has 0 unspecified atom stereocenters. The fourth-order valence-electron chi connectivity index (χ4n) is 6.45. The van der Waals surface area contributed by atoms with Crippen molar-refractivity contribution in [3.8, 4) is 56.8 Å². The Balaban J connectivity index is 1.40. The van der Waals surface area contributed by atoms with Crippen molar-refractivity contribution < 1.29 is 19.7 Å². The molecule has 250 valence electrons. The molecular weight excluding hydrogens is 649 g/mol. The van der Waals surface area contributed by atoms with Crippen LogP contribution in [0, 0.1) is 0 Å². The summed E-state index contributed by atoms with van der Waals surface area (Å²) >= 11 is 0. The van der Waals surface area contributed by atoms with Crippen molar-refractivity contribution in [3.63, 3.8) is 0 Å². The van der Waals surface area contributed by atoms with Crippen molar-refractivity contribution in [3.05, 3.63) is 156 Å². The summed E-state index contributed by atoms with van der Waals surface area (Å²) in [7, 11) is 0. The monoisotopic (exact) mass is 678 g/mol. The number of benzene rings is 4. The third kappa shape index (κ3) is 5.84. The van der Waals surface area contributed by atoms with Gasteiger partial charge in [0, 0.05) is 22.2 Å². The molecule has 2 aliphatic heterocycles. The summed E-state index contributed by atoms with van der Waals surface area (Å²) in [5.74, 6) is 2.45. The Morgan fingerprint density at radius 2 is 0.769 bits per heavy atom. The van der Waals surface area contributed by atoms with Crippen LogP contribution >= 0.6 is 0 Å². The topological polar surface area (TPSA) is 116 Å². The number of hydrogen-bond donors (Lipinski definition) is 4. The molecule has 4 aromatic carbocycles. The molecule has 2 aliphatic rings. The van der Waals surface area contributed by atoms with Crippen LogP contribution in [0.25, 0.3) is 68.6 Å². The number of hydrogen-bond acceptors (Lipinski definition) is 6. The predicted octanol–water partition coefficient (Wildman–Crippen LogP) is 11.0. The number of phenolic OH excluding ortho intramolecular Hbond substituents is 2. The highest BCUT2D eigenvalue weighted by molar-refractivity contribution is 5.96. The van der Waals surface area contributed by atoms with Crippen LogP contribution in [-0.4, -0.2) is 30.1 Å². The van der Waals surface area contributed by atoms with Gasteiger partial charge in [-0.15, -0.1) is 0 Å². The molecule has 8 bridgehead atoms. The van der Waals surface area contributed by atoms with Crippen molar-refractivity contribution >= 4 is 46.4 Å². The van der Waals surface area contributed by atoms with E-state index in [1.54, 1.807) is 48.5 Å². The minimum atomic E-state index is 0.149. The molecule has 0 radical (unpaired) electrons. The van der Waals surface area contributed by atoms with E-state index in [9.17, 15) is 10.2 Å². The van der Waals surface area contributed by atoms with Crippen LogP contribution < -0.4 is 9.47 Å². The number of nitrogens with zero attached hydrogens (tertiary/aromatic N) is 2. The van der Waals surface area contributed by atoms with Crippen LogP contribution in [0.3, 0.4) is 0 Å². The Morgan fingerprint density at radius 3 is 1.21 bits per heavy atom. The lowest BCUT2D eigenvalue weighted by Crippen LogP contribution is -1.92. The number of aromatic amines is 2. The molecule has 0 saturated heterocycles. The lowest BCUT2D eigenvalue weighted by Gasteiger charge is -2.08. The number of aromatic nitrogens is 4. The van der Waals surface area contributed by atoms with Gasteiger partial charge in [0.25, 0.3) is 0 Å². The Hall–Kier alpha value is -7.32. The Labute approximate surface area is 298 Å². The average Bonchev–Trinajstić information content (AvgIpc) is 4.02. The van der Waals surface area contributed by atoms with Gasteiger partial charge in [0.15, 0.2) is 11.5 Å². The van der Waals surface area contributed by atoms with Crippen molar-refractivity contribution in [2.45, 2.75) is 0 Å². The van der Waals surface area contributed by atoms with E-state index >= 15 is 0 Å². The second kappa shape index (κ2) is 12.9. The van der Waals surface area contributed by atoms with Crippen LogP contribution in [0.5, 0.6) is 34.5 Å². The fourth-order valence-corrected chi connectivity index (χ4v) is 6.45. The maximum atomic E-state index is 9.96. The summed E-state index contributed by atoms with van der Waals surface area (Å²) < 4.78 is 13.1. The lowest BCUT2D eigenvalue weighted by molar-refractivity contribution is 0.465. The first-order valence-electron chi connectivity index (χ1n) is 16.8. The summed E-state index contributed by atoms with van der Waals surface area (Å²) in [6.07, 6.45) is 7.84. The van der Waals surface area contributed by atoms with Gasteiger partial charge in [0.2, 0.25) is 0 Å². The maximum Gasteiger partial charge on any atom is 0.176 e. The van der Waals surface area contributed by atoms with E-state index in [0.29, 0.717) is 34.4 Å². The number of rotatable bonds is 6. The Bertz CT molecular complexity index is 2530. The Morgan fingerprint density at radius 1 is 0.385 bits per heavy atom. The normalized spacial score (nSPS) is 11.8. The zero-order chi connectivity index (χ0) is 35.0. The van der Waals surface area contributed by atoms with Gasteiger partial charge in [-0.1, -0.05) is 60.7 Å². The third-order valence-electron chi connectivity index (χ3n) is 8.90. The molecule has 0 fully saturated rings. The molecule has 8 heteroatoms. The van der Waals surface area contributed by atoms with E-state index in [1.165, 1.54) is 0 Å². The van der Waals surface area contributed by atoms with Gasteiger partial charge >= 0.3 is 0 Å². The van der Waals surface area contributed by atoms with E-state index < -0.39 is 0 Å². The molecule has 4 N–H and O–H groups in total. The molecule has 3 aromatic heterocycles. The highest BCUT2D eigenvalue weighted by Gasteiger charge is 2.20. The SMILES string of the molecule is Oc1ccc(Oc2c3nc(c(-c4ccccc4)c4nc(c(Oc5ccc(O)cc5)c5ccc([nH]5)c(-c5ccccc5)c5ccc2[nH]5)C=C4)C=C3)cc1. The smallest absolute Gasteiger partial charge is 0.176 e. The van der Waals surface area contributed by atoms with E-state index in [1.807, 2.05) is 97.1 Å². The summed E-state index contributed by atoms with van der Waals surface area (Å²) in [5.41, 5.74) is 9.55. The number of H-pyrrole nitrogens is 2. The van der Waals surface area contributed by atoms with E-state index in [2.05, 4.69) is 22.1 Å². The molecule has 0 amide bonds. The summed E-state index contributed by atoms with van der Waals surface area (Å²) in [6, 6.07) is 41.5. The second-order valence-corrected chi connectivity index (χ2v) is 12.3. The van der Waals surface area contributed by atoms with E-state index in [0.717, 1.165) is 55.7 Å². The molecule has 0 atom stereocenters. The zero-order valence-corrected chi connectivity index (χ0v) is 27.6. The average molecular weight is 679 g/mol. The first-order chi connectivity index (χ1) is 25.6. The molecule has 9 rings (SSSR count). The minimum absolute atomic E-state index is 0.149. The molecule has 8 nitrogen and oxygen atoms in total. The molecule has 0 spiro atoms. The third-order valence-corrected chi connectivity index (χ3v) is 8.90. The summed E-state index contributed by atoms with van der Waals surface area (Å²) in [4.78, 5) is 17.6. The lowest BCUT2D eigenvalue weighted by atomic mass is 10.0. The number of nitrogens with one attached hydrogen (secondary N) is 2. The van der Waals surface area contributed by atoms with Gasteiger partial charge < -0.3 is 29.7 Å². The van der Waals surface area contributed by atoms with Gasteiger partial charge in [-0.3, -0.25) is 0 Å². The second-order valence-electron chi connectivity index (χ2n) is 12.3. The van der Waals surface area contributed by atoms with Crippen molar-refractivity contribution in [1.29, 1.82) is 0 Å². The standard InChI is InChI=1S/C44H30N4O4/c49-29-11-15-31(16-12-29)51-43-37-23-19-33(45-37)41(27-7-3-1-4-8-27)34-20-24-38(46-34)44(52-32-17-13-30(50)14-18-32)40-26-22-36(48-40)42(28-9-5-2-6-10-28)35-21-25-39(43)47-35/h1-26,45-46,49-50H. The number of phenols is 2. The van der Waals surface area contributed by atoms with Crippen LogP contribution in [-0.2, 0) is 0 Å². The molecule has 5 heterocycles. The van der Waals surface area contributed by atoms with Gasteiger partial charge in [0.05, 0.1) is 22.4 Å². The Kier molecular flexibility index (Phi) is 7.59. The van der Waals surface area contributed by atoms with Gasteiger partial charge in [-0.25, -0.2) is 9.97 Å². The van der Waals surface area contributed by atoms with Gasteiger partial charge in [0.1, 0.15) is 34.4 Å². The minimum Gasteiger partial charge on any atom is -0.508 e. The van der Waals surface area contributed by atoms with Gasteiger partial charge in [-0.2, -0.15) is 0 Å². The van der Waals surface area contributed by atoms with Crippen molar-refractivity contribution in [1.82, 2.24) is 19.9 Å². The molecule has 52 heavy (non-hydrogen) atoms. The highest BCUT2D eigenvalue weighted by atomic mass is 16.5. The number of ether oxygens (including phenoxy) is 2. The van der Waals surface area contributed by atoms with E-state index in [-0.39, 0.29) is 11.5 Å². The van der Waals surface area contributed by atoms with Crippen molar-refractivity contribution in [2.75, 3.05) is 0 Å². The van der Waals surface area contributed by atoms with Crippen LogP contribution in [0.4, 0.5) is 0 Å².